The van der Waals surface area contributed by atoms with Crippen molar-refractivity contribution in [1.82, 2.24) is 0 Å². The standard InChI is InChI=1S/C16H13ClO2/c17-8-5-6-11-12(7-8)14-10-4-2-1-3-9(10)13(11)15(18)16(14)19/h1-7,13-16,18-19H/t13-,14-,15-,16+/m0/s1. The number of fused-ring (bicyclic) bond motifs is 1. The average Bonchev–Trinajstić information content (AvgIpc) is 2.42. The summed E-state index contributed by atoms with van der Waals surface area (Å²) in [5, 5.41) is 21.4. The third-order valence-corrected chi connectivity index (χ3v) is 4.65. The van der Waals surface area contributed by atoms with E-state index in [1.54, 1.807) is 0 Å². The highest BCUT2D eigenvalue weighted by molar-refractivity contribution is 6.30. The average molecular weight is 273 g/mol. The number of aliphatic hydroxyl groups is 2. The van der Waals surface area contributed by atoms with E-state index in [1.165, 1.54) is 0 Å². The number of benzene rings is 2. The maximum absolute atomic E-state index is 10.4. The molecule has 3 aliphatic carbocycles. The van der Waals surface area contributed by atoms with Gasteiger partial charge in [-0.2, -0.15) is 0 Å². The van der Waals surface area contributed by atoms with Crippen molar-refractivity contribution in [2.75, 3.05) is 0 Å². The summed E-state index contributed by atoms with van der Waals surface area (Å²) in [5.41, 5.74) is 4.38. The zero-order chi connectivity index (χ0) is 13.1. The van der Waals surface area contributed by atoms with E-state index in [0.717, 1.165) is 22.3 Å². The topological polar surface area (TPSA) is 40.5 Å². The molecule has 0 unspecified atom stereocenters. The molecule has 0 saturated carbocycles. The van der Waals surface area contributed by atoms with E-state index in [-0.39, 0.29) is 11.8 Å². The van der Waals surface area contributed by atoms with Gasteiger partial charge in [0.05, 0.1) is 12.2 Å². The number of hydrogen-bond acceptors (Lipinski definition) is 2. The Labute approximate surface area is 116 Å². The van der Waals surface area contributed by atoms with Gasteiger partial charge in [-0.1, -0.05) is 41.9 Å². The maximum atomic E-state index is 10.4. The second-order valence-corrected chi connectivity index (χ2v) is 5.78. The fourth-order valence-electron chi connectivity index (χ4n) is 3.64. The lowest BCUT2D eigenvalue weighted by molar-refractivity contribution is -0.0154. The molecule has 5 rings (SSSR count). The van der Waals surface area contributed by atoms with Crippen molar-refractivity contribution in [2.45, 2.75) is 24.0 Å². The molecular weight excluding hydrogens is 260 g/mol. The zero-order valence-electron chi connectivity index (χ0n) is 10.1. The number of halogens is 1. The van der Waals surface area contributed by atoms with Gasteiger partial charge in [-0.25, -0.2) is 0 Å². The smallest absolute Gasteiger partial charge is 0.0917 e. The Morgan fingerprint density at radius 2 is 1.26 bits per heavy atom. The van der Waals surface area contributed by atoms with Crippen LogP contribution in [0.4, 0.5) is 0 Å². The van der Waals surface area contributed by atoms with Gasteiger partial charge in [0.2, 0.25) is 0 Å². The van der Waals surface area contributed by atoms with Crippen LogP contribution in [0.25, 0.3) is 0 Å². The third kappa shape index (κ3) is 1.39. The molecule has 0 radical (unpaired) electrons. The van der Waals surface area contributed by atoms with E-state index in [2.05, 4.69) is 0 Å². The van der Waals surface area contributed by atoms with Gasteiger partial charge in [-0.05, 0) is 34.4 Å². The summed E-state index contributed by atoms with van der Waals surface area (Å²) in [7, 11) is 0. The highest BCUT2D eigenvalue weighted by Gasteiger charge is 2.48. The van der Waals surface area contributed by atoms with Crippen molar-refractivity contribution in [3.63, 3.8) is 0 Å². The van der Waals surface area contributed by atoms with Crippen molar-refractivity contribution in [3.8, 4) is 0 Å². The molecular formula is C16H13ClO2. The maximum Gasteiger partial charge on any atom is 0.0917 e. The van der Waals surface area contributed by atoms with Crippen molar-refractivity contribution in [3.05, 3.63) is 69.7 Å². The second kappa shape index (κ2) is 3.83. The van der Waals surface area contributed by atoms with Crippen LogP contribution < -0.4 is 0 Å². The number of hydrogen-bond donors (Lipinski definition) is 2. The Morgan fingerprint density at radius 3 is 1.89 bits per heavy atom. The highest BCUT2D eigenvalue weighted by atomic mass is 35.5. The predicted octanol–water partition coefficient (Wildman–Crippen LogP) is 2.65. The molecule has 0 saturated heterocycles. The molecule has 0 aliphatic heterocycles. The molecule has 2 aromatic carbocycles. The van der Waals surface area contributed by atoms with E-state index in [0.29, 0.717) is 5.02 Å². The largest absolute Gasteiger partial charge is 0.389 e. The monoisotopic (exact) mass is 272 g/mol. The normalized spacial score (nSPS) is 30.9. The molecule has 96 valence electrons. The summed E-state index contributed by atoms with van der Waals surface area (Å²) in [6, 6.07) is 13.8. The minimum Gasteiger partial charge on any atom is -0.389 e. The van der Waals surface area contributed by atoms with E-state index in [4.69, 9.17) is 11.6 Å². The summed E-state index contributed by atoms with van der Waals surface area (Å²) < 4.78 is 0. The van der Waals surface area contributed by atoms with Gasteiger partial charge in [0, 0.05) is 16.9 Å². The summed E-state index contributed by atoms with van der Waals surface area (Å²) in [4.78, 5) is 0. The minimum atomic E-state index is -0.758. The lowest BCUT2D eigenvalue weighted by atomic mass is 9.61. The third-order valence-electron chi connectivity index (χ3n) is 4.42. The molecule has 4 atom stereocenters. The predicted molar refractivity (Wildman–Crippen MR) is 73.6 cm³/mol. The zero-order valence-corrected chi connectivity index (χ0v) is 10.9. The van der Waals surface area contributed by atoms with Crippen LogP contribution in [-0.2, 0) is 0 Å². The van der Waals surface area contributed by atoms with Gasteiger partial charge < -0.3 is 10.2 Å². The van der Waals surface area contributed by atoms with Gasteiger partial charge in [-0.15, -0.1) is 0 Å². The van der Waals surface area contributed by atoms with E-state index in [9.17, 15) is 10.2 Å². The Morgan fingerprint density at radius 1 is 0.737 bits per heavy atom. The van der Waals surface area contributed by atoms with Crippen LogP contribution in [0, 0.1) is 0 Å². The SMILES string of the molecule is O[C@@H]1[C@H]2c3ccccc3[C@@H](c3ccc(Cl)cc32)[C@@H]1O. The van der Waals surface area contributed by atoms with E-state index < -0.39 is 12.2 Å². The lowest BCUT2D eigenvalue weighted by Gasteiger charge is -2.46. The molecule has 3 heteroatoms. The Balaban J connectivity index is 2.05. The first-order valence-electron chi connectivity index (χ1n) is 6.43. The van der Waals surface area contributed by atoms with E-state index >= 15 is 0 Å². The Kier molecular flexibility index (Phi) is 2.31. The molecule has 2 nitrogen and oxygen atoms in total. The van der Waals surface area contributed by atoms with Crippen LogP contribution in [-0.4, -0.2) is 22.4 Å². The van der Waals surface area contributed by atoms with Crippen LogP contribution >= 0.6 is 11.6 Å². The van der Waals surface area contributed by atoms with Gasteiger partial charge in [0.15, 0.2) is 0 Å². The van der Waals surface area contributed by atoms with E-state index in [1.807, 2.05) is 42.5 Å². The van der Waals surface area contributed by atoms with Crippen LogP contribution in [0.5, 0.6) is 0 Å². The molecule has 2 N–H and O–H groups in total. The molecule has 0 spiro atoms. The number of rotatable bonds is 0. The first-order chi connectivity index (χ1) is 9.18. The summed E-state index contributed by atoms with van der Waals surface area (Å²) in [5.74, 6) is -0.326. The summed E-state index contributed by atoms with van der Waals surface area (Å²) in [6.45, 7) is 0. The molecule has 2 aromatic rings. The number of aliphatic hydroxyl groups excluding tert-OH is 2. The first-order valence-corrected chi connectivity index (χ1v) is 6.80. The quantitative estimate of drug-likeness (QED) is 0.774. The van der Waals surface area contributed by atoms with Gasteiger partial charge in [-0.3, -0.25) is 0 Å². The van der Waals surface area contributed by atoms with Crippen LogP contribution in [0.3, 0.4) is 0 Å². The highest BCUT2D eigenvalue weighted by Crippen LogP contribution is 2.53. The Hall–Kier alpha value is -1.35. The molecule has 0 fully saturated rings. The van der Waals surface area contributed by atoms with Crippen molar-refractivity contribution >= 4 is 11.6 Å². The van der Waals surface area contributed by atoms with Gasteiger partial charge in [0.1, 0.15) is 0 Å². The fourth-order valence-corrected chi connectivity index (χ4v) is 3.82. The molecule has 0 aromatic heterocycles. The Bertz CT molecular complexity index is 668. The summed E-state index contributed by atoms with van der Waals surface area (Å²) in [6.07, 6.45) is -1.50. The van der Waals surface area contributed by atoms with Crippen LogP contribution in [0.2, 0.25) is 5.02 Å². The molecule has 19 heavy (non-hydrogen) atoms. The van der Waals surface area contributed by atoms with Crippen LogP contribution in [0.1, 0.15) is 34.1 Å². The molecule has 0 heterocycles. The molecule has 0 amide bonds. The van der Waals surface area contributed by atoms with Crippen molar-refractivity contribution in [1.29, 1.82) is 0 Å². The lowest BCUT2D eigenvalue weighted by Crippen LogP contribution is -2.47. The fraction of sp³-hybridized carbons (Fsp3) is 0.250. The van der Waals surface area contributed by atoms with Crippen molar-refractivity contribution in [2.24, 2.45) is 0 Å². The van der Waals surface area contributed by atoms with Gasteiger partial charge in [0.25, 0.3) is 0 Å². The molecule has 2 bridgehead atoms. The minimum absolute atomic E-state index is 0.150. The van der Waals surface area contributed by atoms with Crippen molar-refractivity contribution < 1.29 is 10.2 Å². The molecule has 3 aliphatic rings. The van der Waals surface area contributed by atoms with Gasteiger partial charge >= 0.3 is 0 Å². The van der Waals surface area contributed by atoms with Crippen LogP contribution in [0.15, 0.2) is 42.5 Å². The second-order valence-electron chi connectivity index (χ2n) is 5.34. The first kappa shape index (κ1) is 11.5. The summed E-state index contributed by atoms with van der Waals surface area (Å²) >= 11 is 6.08.